The molecule has 0 aliphatic carbocycles. The van der Waals surface area contributed by atoms with E-state index < -0.39 is 11.7 Å². The van der Waals surface area contributed by atoms with Crippen molar-refractivity contribution in [2.24, 2.45) is 5.92 Å². The van der Waals surface area contributed by atoms with E-state index >= 15 is 0 Å². The number of benzene rings is 1. The summed E-state index contributed by atoms with van der Waals surface area (Å²) in [6.45, 7) is 1.41. The SMILES string of the molecule is O=C(Nc1ccc(Cl)c(C(F)(F)F)c1)[C@@H]1CCCNC1. The standard InChI is InChI=1S/C13H14ClF3N2O/c14-11-4-3-9(6-10(11)13(15,16)17)19-12(20)8-2-1-5-18-7-8/h3-4,6,8,18H,1-2,5,7H2,(H,19,20)/t8-/m1/s1. The molecule has 1 aromatic rings. The molecule has 0 saturated carbocycles. The fourth-order valence-electron chi connectivity index (χ4n) is 2.14. The van der Waals surface area contributed by atoms with Crippen LogP contribution in [0.3, 0.4) is 0 Å². The maximum atomic E-state index is 12.7. The third-order valence-electron chi connectivity index (χ3n) is 3.21. The number of rotatable bonds is 2. The van der Waals surface area contributed by atoms with E-state index in [0.29, 0.717) is 6.54 Å². The van der Waals surface area contributed by atoms with Gasteiger partial charge in [0.1, 0.15) is 0 Å². The first kappa shape index (κ1) is 15.1. The van der Waals surface area contributed by atoms with Crippen molar-refractivity contribution in [1.29, 1.82) is 0 Å². The highest BCUT2D eigenvalue weighted by Gasteiger charge is 2.33. The lowest BCUT2D eigenvalue weighted by molar-refractivity contribution is -0.137. The zero-order valence-electron chi connectivity index (χ0n) is 10.6. The number of anilines is 1. The summed E-state index contributed by atoms with van der Waals surface area (Å²) in [6, 6.07) is 3.36. The van der Waals surface area contributed by atoms with Crippen molar-refractivity contribution in [2.75, 3.05) is 18.4 Å². The molecule has 2 rings (SSSR count). The van der Waals surface area contributed by atoms with Crippen molar-refractivity contribution in [1.82, 2.24) is 5.32 Å². The predicted octanol–water partition coefficient (Wildman–Crippen LogP) is 3.30. The topological polar surface area (TPSA) is 41.1 Å². The Labute approximate surface area is 119 Å². The molecule has 1 fully saturated rings. The summed E-state index contributed by atoms with van der Waals surface area (Å²) in [5.74, 6) is -0.485. The minimum atomic E-state index is -4.54. The lowest BCUT2D eigenvalue weighted by atomic mass is 9.99. The molecule has 0 unspecified atom stereocenters. The van der Waals surface area contributed by atoms with Crippen LogP contribution in [0.25, 0.3) is 0 Å². The first-order chi connectivity index (χ1) is 9.38. The second-order valence-corrected chi connectivity index (χ2v) is 5.13. The Hall–Kier alpha value is -1.27. The van der Waals surface area contributed by atoms with Crippen LogP contribution in [0.1, 0.15) is 18.4 Å². The minimum absolute atomic E-state index is 0.109. The molecule has 0 spiro atoms. The largest absolute Gasteiger partial charge is 0.417 e. The van der Waals surface area contributed by atoms with E-state index in [9.17, 15) is 18.0 Å². The molecule has 1 aromatic carbocycles. The summed E-state index contributed by atoms with van der Waals surface area (Å²) in [5, 5.41) is 5.22. The molecule has 1 aliphatic heterocycles. The number of carbonyl (C=O) groups is 1. The summed E-state index contributed by atoms with van der Waals surface area (Å²) >= 11 is 5.52. The zero-order valence-corrected chi connectivity index (χ0v) is 11.3. The van der Waals surface area contributed by atoms with Gasteiger partial charge in [-0.15, -0.1) is 0 Å². The van der Waals surface area contributed by atoms with Crippen molar-refractivity contribution in [3.63, 3.8) is 0 Å². The van der Waals surface area contributed by atoms with Crippen LogP contribution in [-0.4, -0.2) is 19.0 Å². The van der Waals surface area contributed by atoms with Gasteiger partial charge >= 0.3 is 6.18 Å². The molecule has 1 amide bonds. The highest BCUT2D eigenvalue weighted by atomic mass is 35.5. The van der Waals surface area contributed by atoms with E-state index in [2.05, 4.69) is 10.6 Å². The van der Waals surface area contributed by atoms with Gasteiger partial charge < -0.3 is 10.6 Å². The number of hydrogen-bond acceptors (Lipinski definition) is 2. The van der Waals surface area contributed by atoms with Crippen LogP contribution in [0, 0.1) is 5.92 Å². The van der Waals surface area contributed by atoms with Gasteiger partial charge in [0.15, 0.2) is 0 Å². The van der Waals surface area contributed by atoms with Crippen molar-refractivity contribution < 1.29 is 18.0 Å². The first-order valence-corrected chi connectivity index (χ1v) is 6.64. The van der Waals surface area contributed by atoms with Gasteiger partial charge in [-0.1, -0.05) is 11.6 Å². The van der Waals surface area contributed by atoms with Gasteiger partial charge in [0.05, 0.1) is 16.5 Å². The number of hydrogen-bond donors (Lipinski definition) is 2. The predicted molar refractivity (Wildman–Crippen MR) is 70.7 cm³/mol. The minimum Gasteiger partial charge on any atom is -0.326 e. The van der Waals surface area contributed by atoms with Crippen LogP contribution in [-0.2, 0) is 11.0 Å². The average molecular weight is 307 g/mol. The third kappa shape index (κ3) is 3.64. The zero-order chi connectivity index (χ0) is 14.8. The summed E-state index contributed by atoms with van der Waals surface area (Å²) in [7, 11) is 0. The Bertz CT molecular complexity index is 499. The lowest BCUT2D eigenvalue weighted by Gasteiger charge is -2.22. The van der Waals surface area contributed by atoms with Crippen molar-refractivity contribution >= 4 is 23.2 Å². The quantitative estimate of drug-likeness (QED) is 0.880. The van der Waals surface area contributed by atoms with Crippen molar-refractivity contribution in [3.05, 3.63) is 28.8 Å². The Morgan fingerprint density at radius 1 is 1.40 bits per heavy atom. The molecular weight excluding hydrogens is 293 g/mol. The third-order valence-corrected chi connectivity index (χ3v) is 3.54. The molecular formula is C13H14ClF3N2O. The van der Waals surface area contributed by atoms with Crippen LogP contribution in [0.2, 0.25) is 5.02 Å². The van der Waals surface area contributed by atoms with Crippen molar-refractivity contribution in [3.8, 4) is 0 Å². The van der Waals surface area contributed by atoms with Gasteiger partial charge in [0, 0.05) is 12.2 Å². The van der Waals surface area contributed by atoms with Gasteiger partial charge in [-0.25, -0.2) is 0 Å². The molecule has 1 saturated heterocycles. The molecule has 20 heavy (non-hydrogen) atoms. The molecule has 1 atom stereocenters. The number of halogens is 4. The number of piperidine rings is 1. The monoisotopic (exact) mass is 306 g/mol. The van der Waals surface area contributed by atoms with Gasteiger partial charge in [0.2, 0.25) is 5.91 Å². The average Bonchev–Trinajstić information content (AvgIpc) is 2.40. The van der Waals surface area contributed by atoms with E-state index in [1.54, 1.807) is 0 Å². The molecule has 1 aliphatic rings. The molecule has 3 nitrogen and oxygen atoms in total. The van der Waals surface area contributed by atoms with E-state index in [4.69, 9.17) is 11.6 Å². The van der Waals surface area contributed by atoms with Crippen LogP contribution in [0.5, 0.6) is 0 Å². The van der Waals surface area contributed by atoms with Gasteiger partial charge in [-0.05, 0) is 37.6 Å². The van der Waals surface area contributed by atoms with Crippen LogP contribution in [0.15, 0.2) is 18.2 Å². The maximum absolute atomic E-state index is 12.7. The van der Waals surface area contributed by atoms with E-state index in [0.717, 1.165) is 31.5 Å². The number of alkyl halides is 3. The molecule has 2 N–H and O–H groups in total. The molecule has 0 radical (unpaired) electrons. The Morgan fingerprint density at radius 3 is 2.75 bits per heavy atom. The molecule has 7 heteroatoms. The number of carbonyl (C=O) groups excluding carboxylic acids is 1. The summed E-state index contributed by atoms with van der Waals surface area (Å²) in [6.07, 6.45) is -2.92. The molecule has 0 bridgehead atoms. The fourth-order valence-corrected chi connectivity index (χ4v) is 2.36. The maximum Gasteiger partial charge on any atom is 0.417 e. The summed E-state index contributed by atoms with van der Waals surface area (Å²) in [5.41, 5.74) is -0.837. The lowest BCUT2D eigenvalue weighted by Crippen LogP contribution is -2.37. The second kappa shape index (κ2) is 6.01. The van der Waals surface area contributed by atoms with Crippen LogP contribution >= 0.6 is 11.6 Å². The van der Waals surface area contributed by atoms with Gasteiger partial charge in [0.25, 0.3) is 0 Å². The Morgan fingerprint density at radius 2 is 2.15 bits per heavy atom. The molecule has 0 aromatic heterocycles. The fraction of sp³-hybridized carbons (Fsp3) is 0.462. The summed E-state index contributed by atoms with van der Waals surface area (Å²) < 4.78 is 38.1. The summed E-state index contributed by atoms with van der Waals surface area (Å²) in [4.78, 5) is 11.9. The Kier molecular flexibility index (Phi) is 4.55. The highest BCUT2D eigenvalue weighted by molar-refractivity contribution is 6.31. The van der Waals surface area contributed by atoms with E-state index in [-0.39, 0.29) is 22.5 Å². The van der Waals surface area contributed by atoms with Crippen molar-refractivity contribution in [2.45, 2.75) is 19.0 Å². The number of nitrogens with one attached hydrogen (secondary N) is 2. The van der Waals surface area contributed by atoms with Crippen LogP contribution in [0.4, 0.5) is 18.9 Å². The smallest absolute Gasteiger partial charge is 0.326 e. The Balaban J connectivity index is 2.11. The van der Waals surface area contributed by atoms with Crippen LogP contribution < -0.4 is 10.6 Å². The van der Waals surface area contributed by atoms with E-state index in [1.807, 2.05) is 0 Å². The normalized spacial score (nSPS) is 19.7. The van der Waals surface area contributed by atoms with Gasteiger partial charge in [-0.2, -0.15) is 13.2 Å². The molecule has 1 heterocycles. The highest BCUT2D eigenvalue weighted by Crippen LogP contribution is 2.36. The second-order valence-electron chi connectivity index (χ2n) is 4.72. The number of amides is 1. The molecule has 110 valence electrons. The van der Waals surface area contributed by atoms with E-state index in [1.165, 1.54) is 6.07 Å². The first-order valence-electron chi connectivity index (χ1n) is 6.26. The van der Waals surface area contributed by atoms with Gasteiger partial charge in [-0.3, -0.25) is 4.79 Å².